The van der Waals surface area contributed by atoms with Gasteiger partial charge in [0.05, 0.1) is 12.5 Å². The standard InChI is InChI=1S/C8H8Cl2O2/c1-2-12-8(11)7(10)5-3-4-6-9/h5H,2,6H2,1H3/b7-5-. The first-order chi connectivity index (χ1) is 5.72. The molecule has 0 radical (unpaired) electrons. The van der Waals surface area contributed by atoms with Gasteiger partial charge >= 0.3 is 5.97 Å². The second-order valence-corrected chi connectivity index (χ2v) is 2.34. The Morgan fingerprint density at radius 3 is 2.83 bits per heavy atom. The average Bonchev–Trinajstić information content (AvgIpc) is 2.05. The Balaban J connectivity index is 4.08. The van der Waals surface area contributed by atoms with E-state index in [1.54, 1.807) is 6.92 Å². The number of carbonyl (C=O) groups excluding carboxylic acids is 1. The minimum atomic E-state index is -0.567. The fraction of sp³-hybridized carbons (Fsp3) is 0.375. The number of alkyl halides is 1. The summed E-state index contributed by atoms with van der Waals surface area (Å²) < 4.78 is 4.59. The predicted molar refractivity (Wildman–Crippen MR) is 49.1 cm³/mol. The summed E-state index contributed by atoms with van der Waals surface area (Å²) in [5, 5.41) is -0.0329. The van der Waals surface area contributed by atoms with Crippen LogP contribution in [0.1, 0.15) is 6.92 Å². The van der Waals surface area contributed by atoms with Gasteiger partial charge in [-0.2, -0.15) is 0 Å². The zero-order valence-electron chi connectivity index (χ0n) is 6.56. The van der Waals surface area contributed by atoms with E-state index in [2.05, 4.69) is 16.6 Å². The molecule has 0 N–H and O–H groups in total. The molecule has 0 aliphatic rings. The first kappa shape index (κ1) is 11.4. The van der Waals surface area contributed by atoms with Crippen molar-refractivity contribution < 1.29 is 9.53 Å². The number of ether oxygens (including phenoxy) is 1. The zero-order valence-corrected chi connectivity index (χ0v) is 8.08. The summed E-state index contributed by atoms with van der Waals surface area (Å²) in [4.78, 5) is 10.8. The molecule has 0 fully saturated rings. The number of allylic oxidation sites excluding steroid dienone is 1. The lowest BCUT2D eigenvalue weighted by Gasteiger charge is -1.96. The maximum Gasteiger partial charge on any atom is 0.350 e. The zero-order chi connectivity index (χ0) is 9.40. The Morgan fingerprint density at radius 2 is 2.33 bits per heavy atom. The maximum atomic E-state index is 10.8. The van der Waals surface area contributed by atoms with Crippen molar-refractivity contribution in [3.63, 3.8) is 0 Å². The molecule has 66 valence electrons. The molecule has 0 aromatic heterocycles. The molecular formula is C8H8Cl2O2. The molecule has 0 aromatic rings. The summed E-state index contributed by atoms with van der Waals surface area (Å²) in [6.07, 6.45) is 1.27. The molecule has 12 heavy (non-hydrogen) atoms. The van der Waals surface area contributed by atoms with Crippen molar-refractivity contribution in [2.45, 2.75) is 6.92 Å². The molecule has 0 saturated heterocycles. The normalized spacial score (nSPS) is 10.1. The lowest BCUT2D eigenvalue weighted by molar-refractivity contribution is -0.137. The molecule has 0 aliphatic heterocycles. The van der Waals surface area contributed by atoms with Crippen LogP contribution in [0.3, 0.4) is 0 Å². The van der Waals surface area contributed by atoms with E-state index in [9.17, 15) is 4.79 Å². The summed E-state index contributed by atoms with van der Waals surface area (Å²) in [5.41, 5.74) is 0. The van der Waals surface area contributed by atoms with E-state index < -0.39 is 5.97 Å². The largest absolute Gasteiger partial charge is 0.462 e. The van der Waals surface area contributed by atoms with Gasteiger partial charge in [0.15, 0.2) is 0 Å². The van der Waals surface area contributed by atoms with Crippen molar-refractivity contribution in [3.8, 4) is 11.8 Å². The molecule has 4 heteroatoms. The molecule has 0 unspecified atom stereocenters. The van der Waals surface area contributed by atoms with Crippen LogP contribution in [0.15, 0.2) is 11.1 Å². The van der Waals surface area contributed by atoms with Gasteiger partial charge in [-0.15, -0.1) is 11.6 Å². The van der Waals surface area contributed by atoms with E-state index in [0.717, 1.165) is 0 Å². The number of halogens is 2. The van der Waals surface area contributed by atoms with E-state index in [4.69, 9.17) is 23.2 Å². The van der Waals surface area contributed by atoms with Gasteiger partial charge < -0.3 is 4.74 Å². The van der Waals surface area contributed by atoms with Gasteiger partial charge in [0.25, 0.3) is 0 Å². The number of hydrogen-bond acceptors (Lipinski definition) is 2. The van der Waals surface area contributed by atoms with Crippen LogP contribution in [0, 0.1) is 11.8 Å². The van der Waals surface area contributed by atoms with Crippen molar-refractivity contribution in [2.75, 3.05) is 12.5 Å². The van der Waals surface area contributed by atoms with Crippen molar-refractivity contribution in [1.82, 2.24) is 0 Å². The topological polar surface area (TPSA) is 26.3 Å². The van der Waals surface area contributed by atoms with Crippen LogP contribution < -0.4 is 0 Å². The van der Waals surface area contributed by atoms with Crippen molar-refractivity contribution in [2.24, 2.45) is 0 Å². The Kier molecular flexibility index (Phi) is 6.64. The van der Waals surface area contributed by atoms with Crippen LogP contribution in [0.5, 0.6) is 0 Å². The first-order valence-corrected chi connectivity index (χ1v) is 4.20. The SMILES string of the molecule is CCOC(=O)/C(Cl)=C/C#CCCl. The third kappa shape index (κ3) is 5.06. The van der Waals surface area contributed by atoms with Crippen LogP contribution in [0.2, 0.25) is 0 Å². The van der Waals surface area contributed by atoms with E-state index in [-0.39, 0.29) is 10.9 Å². The van der Waals surface area contributed by atoms with Gasteiger partial charge in [0.1, 0.15) is 5.03 Å². The van der Waals surface area contributed by atoms with Crippen LogP contribution in [-0.4, -0.2) is 18.5 Å². The second kappa shape index (κ2) is 7.02. The van der Waals surface area contributed by atoms with Gasteiger partial charge in [-0.05, 0) is 6.92 Å². The molecule has 2 nitrogen and oxygen atoms in total. The molecular weight excluding hydrogens is 199 g/mol. The van der Waals surface area contributed by atoms with Gasteiger partial charge in [-0.3, -0.25) is 0 Å². The molecule has 0 spiro atoms. The van der Waals surface area contributed by atoms with Gasteiger partial charge in [-0.1, -0.05) is 23.4 Å². The van der Waals surface area contributed by atoms with Crippen molar-refractivity contribution >= 4 is 29.2 Å². The minimum absolute atomic E-state index is 0.0329. The Morgan fingerprint density at radius 1 is 1.67 bits per heavy atom. The Hall–Kier alpha value is -0.650. The quantitative estimate of drug-likeness (QED) is 0.299. The van der Waals surface area contributed by atoms with Crippen molar-refractivity contribution in [3.05, 3.63) is 11.1 Å². The monoisotopic (exact) mass is 206 g/mol. The summed E-state index contributed by atoms with van der Waals surface area (Å²) in [5.74, 6) is 4.67. The van der Waals surface area contributed by atoms with Gasteiger partial charge in [0.2, 0.25) is 0 Å². The first-order valence-electron chi connectivity index (χ1n) is 3.29. The third-order valence-electron chi connectivity index (χ3n) is 0.838. The van der Waals surface area contributed by atoms with Crippen LogP contribution >= 0.6 is 23.2 Å². The van der Waals surface area contributed by atoms with Crippen molar-refractivity contribution in [1.29, 1.82) is 0 Å². The number of carbonyl (C=O) groups is 1. The highest BCUT2D eigenvalue weighted by atomic mass is 35.5. The summed E-state index contributed by atoms with van der Waals surface area (Å²) in [7, 11) is 0. The smallest absolute Gasteiger partial charge is 0.350 e. The lowest BCUT2D eigenvalue weighted by Crippen LogP contribution is -2.03. The Labute approximate surface area is 81.5 Å². The number of esters is 1. The highest BCUT2D eigenvalue weighted by molar-refractivity contribution is 6.41. The predicted octanol–water partition coefficient (Wildman–Crippen LogP) is 1.91. The van der Waals surface area contributed by atoms with Crippen LogP contribution in [0.25, 0.3) is 0 Å². The van der Waals surface area contributed by atoms with Gasteiger partial charge in [-0.25, -0.2) is 4.79 Å². The summed E-state index contributed by atoms with van der Waals surface area (Å²) >= 11 is 10.8. The molecule has 0 rings (SSSR count). The number of hydrogen-bond donors (Lipinski definition) is 0. The van der Waals surface area contributed by atoms with E-state index in [1.165, 1.54) is 6.08 Å². The Bertz CT molecular complexity index is 235. The minimum Gasteiger partial charge on any atom is -0.462 e. The fourth-order valence-corrected chi connectivity index (χ4v) is 0.598. The molecule has 0 atom stereocenters. The highest BCUT2D eigenvalue weighted by Crippen LogP contribution is 2.02. The fourth-order valence-electron chi connectivity index (χ4n) is 0.412. The third-order valence-corrected chi connectivity index (χ3v) is 1.24. The van der Waals surface area contributed by atoms with Crippen LogP contribution in [-0.2, 0) is 9.53 Å². The molecule has 0 aliphatic carbocycles. The van der Waals surface area contributed by atoms with Gasteiger partial charge in [0, 0.05) is 6.08 Å². The van der Waals surface area contributed by atoms with E-state index in [1.807, 2.05) is 0 Å². The maximum absolute atomic E-state index is 10.8. The molecule has 0 amide bonds. The van der Waals surface area contributed by atoms with E-state index in [0.29, 0.717) is 6.61 Å². The number of rotatable bonds is 2. The summed E-state index contributed by atoms with van der Waals surface area (Å²) in [6, 6.07) is 0. The van der Waals surface area contributed by atoms with Crippen LogP contribution in [0.4, 0.5) is 0 Å². The highest BCUT2D eigenvalue weighted by Gasteiger charge is 2.04. The summed E-state index contributed by atoms with van der Waals surface area (Å²) in [6.45, 7) is 2.00. The van der Waals surface area contributed by atoms with E-state index >= 15 is 0 Å². The molecule has 0 heterocycles. The molecule has 0 bridgehead atoms. The second-order valence-electron chi connectivity index (χ2n) is 1.67. The molecule has 0 saturated carbocycles. The average molecular weight is 207 g/mol. The lowest BCUT2D eigenvalue weighted by atomic mass is 10.5. The molecule has 0 aromatic carbocycles.